The maximum absolute atomic E-state index is 5.74. The van der Waals surface area contributed by atoms with Crippen molar-refractivity contribution in [2.45, 2.75) is 12.5 Å². The molecular formula is C11H11NO2S. The summed E-state index contributed by atoms with van der Waals surface area (Å²) in [6.07, 6.45) is 1.15. The second-order valence-corrected chi connectivity index (χ2v) is 4.54. The van der Waals surface area contributed by atoms with Crippen molar-refractivity contribution in [1.82, 2.24) is 4.98 Å². The molecule has 3 nitrogen and oxygen atoms in total. The van der Waals surface area contributed by atoms with Gasteiger partial charge in [0.1, 0.15) is 6.10 Å². The highest BCUT2D eigenvalue weighted by Crippen LogP contribution is 2.28. The smallest absolute Gasteiger partial charge is 0.274 e. The van der Waals surface area contributed by atoms with Crippen LogP contribution in [0.2, 0.25) is 0 Å². The molecule has 1 atom stereocenters. The van der Waals surface area contributed by atoms with Crippen molar-refractivity contribution in [2.24, 2.45) is 0 Å². The molecule has 0 saturated carbocycles. The van der Waals surface area contributed by atoms with E-state index < -0.39 is 0 Å². The van der Waals surface area contributed by atoms with Gasteiger partial charge in [0, 0.05) is 6.42 Å². The number of hydrogen-bond acceptors (Lipinski definition) is 4. The number of nitrogens with zero attached hydrogens (tertiary/aromatic N) is 1. The lowest BCUT2D eigenvalue weighted by Crippen LogP contribution is -2.15. The molecule has 2 heterocycles. The summed E-state index contributed by atoms with van der Waals surface area (Å²) >= 11 is 1.60. The van der Waals surface area contributed by atoms with Gasteiger partial charge in [-0.25, -0.2) is 4.98 Å². The summed E-state index contributed by atoms with van der Waals surface area (Å²) in [5.74, 6) is 0. The highest BCUT2D eigenvalue weighted by atomic mass is 32.1. The van der Waals surface area contributed by atoms with Crippen molar-refractivity contribution in [3.63, 3.8) is 0 Å². The fraction of sp³-hybridized carbons (Fsp3) is 0.364. The molecule has 1 aliphatic rings. The van der Waals surface area contributed by atoms with Crippen LogP contribution in [0.1, 0.15) is 6.42 Å². The highest BCUT2D eigenvalue weighted by molar-refractivity contribution is 7.20. The molecule has 0 radical (unpaired) electrons. The van der Waals surface area contributed by atoms with Crippen LogP contribution in [0.3, 0.4) is 0 Å². The fourth-order valence-corrected chi connectivity index (χ4v) is 2.53. The van der Waals surface area contributed by atoms with Gasteiger partial charge in [-0.2, -0.15) is 0 Å². The summed E-state index contributed by atoms with van der Waals surface area (Å²) < 4.78 is 12.2. The topological polar surface area (TPSA) is 31.4 Å². The Hall–Kier alpha value is -1.13. The number of hydrogen-bond donors (Lipinski definition) is 0. The van der Waals surface area contributed by atoms with Crippen LogP contribution in [-0.2, 0) is 4.74 Å². The van der Waals surface area contributed by atoms with Gasteiger partial charge in [-0.15, -0.1) is 0 Å². The lowest BCUT2D eigenvalue weighted by Gasteiger charge is -2.06. The first-order valence-corrected chi connectivity index (χ1v) is 5.83. The normalized spacial score (nSPS) is 20.9. The van der Waals surface area contributed by atoms with E-state index in [1.165, 1.54) is 4.70 Å². The van der Waals surface area contributed by atoms with Gasteiger partial charge in [0.25, 0.3) is 5.19 Å². The molecule has 0 bridgehead atoms. The number of ether oxygens (including phenoxy) is 2. The predicted octanol–water partition coefficient (Wildman–Crippen LogP) is 2.46. The number of aromatic nitrogens is 1. The van der Waals surface area contributed by atoms with Gasteiger partial charge in [0.05, 0.1) is 23.4 Å². The Morgan fingerprint density at radius 2 is 2.33 bits per heavy atom. The van der Waals surface area contributed by atoms with Gasteiger partial charge in [-0.1, -0.05) is 23.5 Å². The van der Waals surface area contributed by atoms with Crippen molar-refractivity contribution < 1.29 is 9.47 Å². The van der Waals surface area contributed by atoms with E-state index in [1.807, 2.05) is 18.2 Å². The van der Waals surface area contributed by atoms with E-state index in [0.717, 1.165) is 23.7 Å². The van der Waals surface area contributed by atoms with Crippen LogP contribution in [0.4, 0.5) is 0 Å². The first-order chi connectivity index (χ1) is 7.42. The van der Waals surface area contributed by atoms with E-state index in [1.54, 1.807) is 11.3 Å². The van der Waals surface area contributed by atoms with Gasteiger partial charge < -0.3 is 9.47 Å². The van der Waals surface area contributed by atoms with Gasteiger partial charge in [0.2, 0.25) is 0 Å². The second-order valence-electron chi connectivity index (χ2n) is 3.55. The Morgan fingerprint density at radius 3 is 3.13 bits per heavy atom. The van der Waals surface area contributed by atoms with Crippen molar-refractivity contribution in [2.75, 3.05) is 13.2 Å². The molecule has 0 spiro atoms. The zero-order chi connectivity index (χ0) is 10.1. The first kappa shape index (κ1) is 9.12. The first-order valence-electron chi connectivity index (χ1n) is 5.02. The van der Waals surface area contributed by atoms with E-state index in [4.69, 9.17) is 9.47 Å². The molecule has 0 aliphatic carbocycles. The molecule has 1 fully saturated rings. The van der Waals surface area contributed by atoms with E-state index in [0.29, 0.717) is 6.61 Å². The third kappa shape index (κ3) is 1.82. The van der Waals surface area contributed by atoms with Crippen LogP contribution < -0.4 is 4.74 Å². The predicted molar refractivity (Wildman–Crippen MR) is 59.5 cm³/mol. The Balaban J connectivity index is 1.84. The zero-order valence-electron chi connectivity index (χ0n) is 8.18. The number of para-hydroxylation sites is 1. The minimum Gasteiger partial charge on any atom is -0.464 e. The largest absolute Gasteiger partial charge is 0.464 e. The molecule has 78 valence electrons. The Kier molecular flexibility index (Phi) is 2.31. The third-order valence-corrected chi connectivity index (χ3v) is 3.36. The van der Waals surface area contributed by atoms with E-state index in [9.17, 15) is 0 Å². The zero-order valence-corrected chi connectivity index (χ0v) is 9.00. The molecule has 4 heteroatoms. The molecule has 1 unspecified atom stereocenters. The standard InChI is InChI=1S/C11H11NO2S/c1-2-4-10-9(3-1)12-11(15-10)14-8-5-6-13-7-8/h1-4,8H,5-7H2. The maximum atomic E-state index is 5.74. The number of benzene rings is 1. The molecule has 1 aromatic carbocycles. The second kappa shape index (κ2) is 3.79. The minimum absolute atomic E-state index is 0.186. The summed E-state index contributed by atoms with van der Waals surface area (Å²) in [4.78, 5) is 4.42. The van der Waals surface area contributed by atoms with Crippen LogP contribution in [0.25, 0.3) is 10.2 Å². The Morgan fingerprint density at radius 1 is 1.40 bits per heavy atom. The fourth-order valence-electron chi connectivity index (χ4n) is 1.65. The average molecular weight is 221 g/mol. The van der Waals surface area contributed by atoms with Crippen molar-refractivity contribution in [1.29, 1.82) is 0 Å². The SMILES string of the molecule is c1ccc2sc(OC3CCOC3)nc2c1. The molecule has 15 heavy (non-hydrogen) atoms. The summed E-state index contributed by atoms with van der Waals surface area (Å²) in [7, 11) is 0. The average Bonchev–Trinajstić information content (AvgIpc) is 2.86. The lowest BCUT2D eigenvalue weighted by atomic mass is 10.3. The number of fused-ring (bicyclic) bond motifs is 1. The Labute approximate surface area is 91.7 Å². The molecule has 0 amide bonds. The van der Waals surface area contributed by atoms with E-state index >= 15 is 0 Å². The van der Waals surface area contributed by atoms with Crippen molar-refractivity contribution in [3.8, 4) is 5.19 Å². The summed E-state index contributed by atoms with van der Waals surface area (Å²) in [5, 5.41) is 0.756. The highest BCUT2D eigenvalue weighted by Gasteiger charge is 2.18. The lowest BCUT2D eigenvalue weighted by molar-refractivity contribution is 0.141. The maximum Gasteiger partial charge on any atom is 0.274 e. The van der Waals surface area contributed by atoms with Crippen LogP contribution in [0, 0.1) is 0 Å². The van der Waals surface area contributed by atoms with Gasteiger partial charge in [0.15, 0.2) is 0 Å². The Bertz CT molecular complexity index is 429. The quantitative estimate of drug-likeness (QED) is 0.780. The summed E-state index contributed by atoms with van der Waals surface area (Å²) in [6, 6.07) is 8.07. The molecule has 1 saturated heterocycles. The molecule has 2 aromatic rings. The summed E-state index contributed by atoms with van der Waals surface area (Å²) in [5.41, 5.74) is 1.01. The van der Waals surface area contributed by atoms with Crippen LogP contribution in [0.5, 0.6) is 5.19 Å². The monoisotopic (exact) mass is 221 g/mol. The van der Waals surface area contributed by atoms with E-state index in [2.05, 4.69) is 11.1 Å². The van der Waals surface area contributed by atoms with Crippen molar-refractivity contribution in [3.05, 3.63) is 24.3 Å². The van der Waals surface area contributed by atoms with Crippen LogP contribution >= 0.6 is 11.3 Å². The van der Waals surface area contributed by atoms with Crippen LogP contribution in [0.15, 0.2) is 24.3 Å². The van der Waals surface area contributed by atoms with Gasteiger partial charge in [-0.3, -0.25) is 0 Å². The minimum atomic E-state index is 0.186. The summed E-state index contributed by atoms with van der Waals surface area (Å²) in [6.45, 7) is 1.49. The molecule has 1 aliphatic heterocycles. The van der Waals surface area contributed by atoms with Gasteiger partial charge in [-0.05, 0) is 12.1 Å². The van der Waals surface area contributed by atoms with Crippen LogP contribution in [-0.4, -0.2) is 24.3 Å². The number of thiazole rings is 1. The van der Waals surface area contributed by atoms with Gasteiger partial charge >= 0.3 is 0 Å². The molecule has 1 aromatic heterocycles. The van der Waals surface area contributed by atoms with E-state index in [-0.39, 0.29) is 6.10 Å². The van der Waals surface area contributed by atoms with Crippen molar-refractivity contribution >= 4 is 21.6 Å². The molecule has 0 N–H and O–H groups in total. The molecule has 3 rings (SSSR count). The molecular weight excluding hydrogens is 210 g/mol. The number of rotatable bonds is 2. The third-order valence-electron chi connectivity index (χ3n) is 2.43.